The molecule has 3 atom stereocenters. The van der Waals surface area contributed by atoms with Crippen molar-refractivity contribution in [1.82, 2.24) is 4.90 Å². The molecule has 1 aromatic carbocycles. The SMILES string of the molecule is CCC[C@@H]1CCC[C@H]([C@@H](O)c2cccc(F)c2)N1C(=O)OC(C)(C)C. The summed E-state index contributed by atoms with van der Waals surface area (Å²) in [6, 6.07) is 5.61. The summed E-state index contributed by atoms with van der Waals surface area (Å²) in [5.41, 5.74) is -0.102. The maximum absolute atomic E-state index is 13.6. The summed E-state index contributed by atoms with van der Waals surface area (Å²) in [5, 5.41) is 10.9. The molecule has 0 aliphatic carbocycles. The first kappa shape index (κ1) is 19.7. The molecule has 4 nitrogen and oxygen atoms in total. The minimum Gasteiger partial charge on any atom is -0.444 e. The number of benzene rings is 1. The molecule has 1 heterocycles. The number of likely N-dealkylation sites (tertiary alicyclic amines) is 1. The highest BCUT2D eigenvalue weighted by atomic mass is 19.1. The van der Waals surface area contributed by atoms with E-state index in [9.17, 15) is 14.3 Å². The zero-order chi connectivity index (χ0) is 18.6. The average Bonchev–Trinajstić information content (AvgIpc) is 2.52. The summed E-state index contributed by atoms with van der Waals surface area (Å²) < 4.78 is 19.1. The number of ether oxygens (including phenoxy) is 1. The van der Waals surface area contributed by atoms with Crippen LogP contribution in [0.5, 0.6) is 0 Å². The Labute approximate surface area is 150 Å². The molecule has 1 aliphatic heterocycles. The third-order valence-corrected chi connectivity index (χ3v) is 4.57. The molecule has 0 unspecified atom stereocenters. The number of aliphatic hydroxyl groups excluding tert-OH is 1. The molecule has 1 fully saturated rings. The maximum atomic E-state index is 13.6. The van der Waals surface area contributed by atoms with Crippen molar-refractivity contribution in [3.63, 3.8) is 0 Å². The number of carbonyl (C=O) groups excluding carboxylic acids is 1. The number of aliphatic hydroxyl groups is 1. The predicted octanol–water partition coefficient (Wildman–Crippen LogP) is 4.82. The molecule has 140 valence electrons. The summed E-state index contributed by atoms with van der Waals surface area (Å²) in [6.45, 7) is 7.59. The summed E-state index contributed by atoms with van der Waals surface area (Å²) in [6.07, 6.45) is 3.00. The normalized spacial score (nSPS) is 22.6. The van der Waals surface area contributed by atoms with Crippen LogP contribution < -0.4 is 0 Å². The Morgan fingerprint density at radius 2 is 2.12 bits per heavy atom. The zero-order valence-corrected chi connectivity index (χ0v) is 15.7. The topological polar surface area (TPSA) is 49.8 Å². The van der Waals surface area contributed by atoms with Gasteiger partial charge in [0.05, 0.1) is 12.1 Å². The van der Waals surface area contributed by atoms with E-state index in [-0.39, 0.29) is 11.9 Å². The number of halogens is 1. The Morgan fingerprint density at radius 3 is 2.72 bits per heavy atom. The van der Waals surface area contributed by atoms with Gasteiger partial charge in [-0.05, 0) is 64.2 Å². The highest BCUT2D eigenvalue weighted by molar-refractivity contribution is 5.69. The molecule has 1 aliphatic rings. The van der Waals surface area contributed by atoms with Crippen LogP contribution in [0.4, 0.5) is 9.18 Å². The Hall–Kier alpha value is -1.62. The van der Waals surface area contributed by atoms with Gasteiger partial charge in [-0.3, -0.25) is 4.90 Å². The first-order valence-corrected chi connectivity index (χ1v) is 9.17. The Balaban J connectivity index is 2.29. The number of carbonyl (C=O) groups is 1. The highest BCUT2D eigenvalue weighted by Crippen LogP contribution is 2.34. The van der Waals surface area contributed by atoms with E-state index >= 15 is 0 Å². The van der Waals surface area contributed by atoms with Crippen molar-refractivity contribution in [3.05, 3.63) is 35.6 Å². The molecule has 5 heteroatoms. The Bertz CT molecular complexity index is 583. The van der Waals surface area contributed by atoms with Gasteiger partial charge in [-0.1, -0.05) is 25.5 Å². The van der Waals surface area contributed by atoms with Crippen molar-refractivity contribution in [2.24, 2.45) is 0 Å². The fourth-order valence-electron chi connectivity index (χ4n) is 3.55. The van der Waals surface area contributed by atoms with Crippen LogP contribution in [-0.2, 0) is 4.74 Å². The van der Waals surface area contributed by atoms with Gasteiger partial charge in [0, 0.05) is 6.04 Å². The second-order valence-electron chi connectivity index (χ2n) is 7.83. The van der Waals surface area contributed by atoms with Crippen molar-refractivity contribution in [2.75, 3.05) is 0 Å². The number of piperidine rings is 1. The molecule has 2 rings (SSSR count). The quantitative estimate of drug-likeness (QED) is 0.846. The lowest BCUT2D eigenvalue weighted by Gasteiger charge is -2.44. The van der Waals surface area contributed by atoms with Gasteiger partial charge in [0.1, 0.15) is 11.4 Å². The van der Waals surface area contributed by atoms with Crippen LogP contribution in [-0.4, -0.2) is 33.8 Å². The minimum atomic E-state index is -0.928. The molecule has 1 N–H and O–H groups in total. The van der Waals surface area contributed by atoms with Crippen LogP contribution in [0.25, 0.3) is 0 Å². The van der Waals surface area contributed by atoms with E-state index in [1.807, 2.05) is 20.8 Å². The largest absolute Gasteiger partial charge is 0.444 e. The second-order valence-corrected chi connectivity index (χ2v) is 7.83. The maximum Gasteiger partial charge on any atom is 0.410 e. The molecular weight excluding hydrogens is 321 g/mol. The smallest absolute Gasteiger partial charge is 0.410 e. The average molecular weight is 351 g/mol. The monoisotopic (exact) mass is 351 g/mol. The molecule has 1 saturated heterocycles. The van der Waals surface area contributed by atoms with E-state index in [2.05, 4.69) is 6.92 Å². The standard InChI is InChI=1S/C20H30FNO3/c1-5-8-16-11-7-12-17(22(16)19(24)25-20(2,3)4)18(23)14-9-6-10-15(21)13-14/h6,9-10,13,16-18,23H,5,7-8,11-12H2,1-4H3/t16-,17-,18+/m1/s1. The van der Waals surface area contributed by atoms with E-state index in [1.165, 1.54) is 12.1 Å². The van der Waals surface area contributed by atoms with Gasteiger partial charge < -0.3 is 9.84 Å². The third-order valence-electron chi connectivity index (χ3n) is 4.57. The van der Waals surface area contributed by atoms with E-state index in [0.717, 1.165) is 25.7 Å². The van der Waals surface area contributed by atoms with Crippen LogP contribution in [0.1, 0.15) is 71.5 Å². The van der Waals surface area contributed by atoms with Crippen molar-refractivity contribution in [1.29, 1.82) is 0 Å². The fraction of sp³-hybridized carbons (Fsp3) is 0.650. The second kappa shape index (κ2) is 8.17. The number of nitrogens with zero attached hydrogens (tertiary/aromatic N) is 1. The zero-order valence-electron chi connectivity index (χ0n) is 15.7. The van der Waals surface area contributed by atoms with Gasteiger partial charge in [-0.2, -0.15) is 0 Å². The van der Waals surface area contributed by atoms with Gasteiger partial charge in [-0.15, -0.1) is 0 Å². The number of rotatable bonds is 4. The first-order chi connectivity index (χ1) is 11.7. The number of amides is 1. The van der Waals surface area contributed by atoms with E-state index in [0.29, 0.717) is 12.0 Å². The summed E-state index contributed by atoms with van der Waals surface area (Å²) in [7, 11) is 0. The van der Waals surface area contributed by atoms with Crippen LogP contribution >= 0.6 is 0 Å². The first-order valence-electron chi connectivity index (χ1n) is 9.17. The van der Waals surface area contributed by atoms with Crippen molar-refractivity contribution in [3.8, 4) is 0 Å². The summed E-state index contributed by atoms with van der Waals surface area (Å²) >= 11 is 0. The molecule has 1 amide bonds. The third kappa shape index (κ3) is 5.18. The van der Waals surface area contributed by atoms with Gasteiger partial charge in [-0.25, -0.2) is 9.18 Å². The molecule has 0 spiro atoms. The number of hydrogen-bond acceptors (Lipinski definition) is 3. The van der Waals surface area contributed by atoms with E-state index in [4.69, 9.17) is 4.74 Å². The van der Waals surface area contributed by atoms with Gasteiger partial charge in [0.15, 0.2) is 0 Å². The van der Waals surface area contributed by atoms with E-state index < -0.39 is 23.8 Å². The van der Waals surface area contributed by atoms with E-state index in [1.54, 1.807) is 17.0 Å². The molecule has 0 radical (unpaired) electrons. The lowest BCUT2D eigenvalue weighted by atomic mass is 9.88. The molecule has 0 saturated carbocycles. The predicted molar refractivity (Wildman–Crippen MR) is 95.8 cm³/mol. The highest BCUT2D eigenvalue weighted by Gasteiger charge is 2.40. The Kier molecular flexibility index (Phi) is 6.44. The lowest BCUT2D eigenvalue weighted by molar-refractivity contribution is -0.0368. The summed E-state index contributed by atoms with van der Waals surface area (Å²) in [5.74, 6) is -0.388. The van der Waals surface area contributed by atoms with Gasteiger partial charge in [0.2, 0.25) is 0 Å². The van der Waals surface area contributed by atoms with Gasteiger partial charge >= 0.3 is 6.09 Å². The minimum absolute atomic E-state index is 0.0433. The molecule has 25 heavy (non-hydrogen) atoms. The van der Waals surface area contributed by atoms with Gasteiger partial charge in [0.25, 0.3) is 0 Å². The molecule has 0 bridgehead atoms. The van der Waals surface area contributed by atoms with Crippen molar-refractivity contribution in [2.45, 2.75) is 83.6 Å². The fourth-order valence-corrected chi connectivity index (χ4v) is 3.55. The summed E-state index contributed by atoms with van der Waals surface area (Å²) in [4.78, 5) is 14.5. The Morgan fingerprint density at radius 1 is 1.40 bits per heavy atom. The molecule has 0 aromatic heterocycles. The van der Waals surface area contributed by atoms with Crippen LogP contribution in [0.3, 0.4) is 0 Å². The lowest BCUT2D eigenvalue weighted by Crippen LogP contribution is -2.53. The molecule has 1 aromatic rings. The van der Waals surface area contributed by atoms with Crippen LogP contribution in [0.2, 0.25) is 0 Å². The van der Waals surface area contributed by atoms with Crippen molar-refractivity contribution >= 4 is 6.09 Å². The van der Waals surface area contributed by atoms with Crippen LogP contribution in [0.15, 0.2) is 24.3 Å². The number of hydrogen-bond donors (Lipinski definition) is 1. The van der Waals surface area contributed by atoms with Crippen molar-refractivity contribution < 1.29 is 19.0 Å². The van der Waals surface area contributed by atoms with Crippen LogP contribution in [0, 0.1) is 5.82 Å². The molecular formula is C20H30FNO3.